The number of nitrogens with one attached hydrogen (secondary N) is 1. The molecule has 2 rings (SSSR count). The van der Waals surface area contributed by atoms with Gasteiger partial charge in [-0.3, -0.25) is 4.79 Å². The summed E-state index contributed by atoms with van der Waals surface area (Å²) in [7, 11) is 0. The number of benzene rings is 2. The summed E-state index contributed by atoms with van der Waals surface area (Å²) in [6.45, 7) is 3.58. The number of rotatable bonds is 2. The van der Waals surface area contributed by atoms with E-state index in [1.165, 1.54) is 6.07 Å². The third-order valence-corrected chi connectivity index (χ3v) is 3.49. The number of carbonyl (C=O) groups excluding carboxylic acids is 1. The average Bonchev–Trinajstić information content (AvgIpc) is 2.38. The zero-order valence-electron chi connectivity index (χ0n) is 11.1. The van der Waals surface area contributed by atoms with Crippen LogP contribution >= 0.6 is 15.9 Å². The lowest BCUT2D eigenvalue weighted by atomic mass is 10.1. The van der Waals surface area contributed by atoms with E-state index in [9.17, 15) is 9.18 Å². The Morgan fingerprint density at radius 1 is 1.25 bits per heavy atom. The molecule has 0 fully saturated rings. The Labute approximate surface area is 125 Å². The standard InChI is InChI=1S/C15H14BrFN2O/c1-8-3-4-12(17)14(5-8)19-15(20)11-6-10(16)7-13(18)9(11)2/h3-7H,18H2,1-2H3,(H,19,20). The molecule has 3 nitrogen and oxygen atoms in total. The number of aryl methyl sites for hydroxylation is 1. The van der Waals surface area contributed by atoms with Crippen molar-refractivity contribution in [2.45, 2.75) is 13.8 Å². The molecule has 0 aliphatic heterocycles. The second-order valence-electron chi connectivity index (χ2n) is 4.61. The van der Waals surface area contributed by atoms with Gasteiger partial charge in [0.05, 0.1) is 5.69 Å². The van der Waals surface area contributed by atoms with E-state index in [2.05, 4.69) is 21.2 Å². The largest absolute Gasteiger partial charge is 0.398 e. The highest BCUT2D eigenvalue weighted by atomic mass is 79.9. The van der Waals surface area contributed by atoms with E-state index >= 15 is 0 Å². The van der Waals surface area contributed by atoms with Crippen molar-refractivity contribution in [3.63, 3.8) is 0 Å². The molecular formula is C15H14BrFN2O. The zero-order valence-corrected chi connectivity index (χ0v) is 12.7. The zero-order chi connectivity index (χ0) is 14.9. The second-order valence-corrected chi connectivity index (χ2v) is 5.52. The van der Waals surface area contributed by atoms with Gasteiger partial charge in [-0.15, -0.1) is 0 Å². The summed E-state index contributed by atoms with van der Waals surface area (Å²) in [5, 5.41) is 2.57. The number of amides is 1. The Morgan fingerprint density at radius 3 is 2.65 bits per heavy atom. The van der Waals surface area contributed by atoms with E-state index in [1.807, 2.05) is 6.92 Å². The number of nitrogens with two attached hydrogens (primary N) is 1. The number of nitrogen functional groups attached to an aromatic ring is 1. The minimum absolute atomic E-state index is 0.160. The van der Waals surface area contributed by atoms with Crippen molar-refractivity contribution in [2.24, 2.45) is 0 Å². The van der Waals surface area contributed by atoms with Crippen molar-refractivity contribution in [3.8, 4) is 0 Å². The first-order valence-corrected chi connectivity index (χ1v) is 6.81. The molecule has 2 aromatic carbocycles. The molecule has 5 heteroatoms. The van der Waals surface area contributed by atoms with Crippen LogP contribution in [-0.2, 0) is 0 Å². The van der Waals surface area contributed by atoms with Crippen molar-refractivity contribution in [1.29, 1.82) is 0 Å². The summed E-state index contributed by atoms with van der Waals surface area (Å²) < 4.78 is 14.4. The summed E-state index contributed by atoms with van der Waals surface area (Å²) in [6, 6.07) is 7.94. The molecule has 0 atom stereocenters. The molecule has 0 bridgehead atoms. The van der Waals surface area contributed by atoms with Gasteiger partial charge in [0.15, 0.2) is 0 Å². The van der Waals surface area contributed by atoms with Gasteiger partial charge in [-0.2, -0.15) is 0 Å². The van der Waals surface area contributed by atoms with Crippen molar-refractivity contribution in [2.75, 3.05) is 11.1 Å². The number of anilines is 2. The van der Waals surface area contributed by atoms with E-state index in [0.29, 0.717) is 21.3 Å². The van der Waals surface area contributed by atoms with Gasteiger partial charge in [0.25, 0.3) is 5.91 Å². The van der Waals surface area contributed by atoms with Crippen LogP contribution in [0.4, 0.5) is 15.8 Å². The van der Waals surface area contributed by atoms with Crippen LogP contribution in [-0.4, -0.2) is 5.91 Å². The first-order valence-electron chi connectivity index (χ1n) is 6.01. The highest BCUT2D eigenvalue weighted by Crippen LogP contribution is 2.24. The third-order valence-electron chi connectivity index (χ3n) is 3.03. The van der Waals surface area contributed by atoms with Crippen LogP contribution in [0.5, 0.6) is 0 Å². The van der Waals surface area contributed by atoms with E-state index in [-0.39, 0.29) is 11.6 Å². The molecule has 0 saturated heterocycles. The van der Waals surface area contributed by atoms with Crippen LogP contribution < -0.4 is 11.1 Å². The van der Waals surface area contributed by atoms with Crippen LogP contribution in [0.25, 0.3) is 0 Å². The fourth-order valence-electron chi connectivity index (χ4n) is 1.86. The lowest BCUT2D eigenvalue weighted by Crippen LogP contribution is -2.15. The molecule has 0 aromatic heterocycles. The molecule has 3 N–H and O–H groups in total. The molecule has 2 aromatic rings. The maximum atomic E-state index is 13.7. The summed E-state index contributed by atoms with van der Waals surface area (Å²) in [5.74, 6) is -0.857. The fraction of sp³-hybridized carbons (Fsp3) is 0.133. The first-order chi connectivity index (χ1) is 9.38. The molecule has 0 unspecified atom stereocenters. The molecule has 1 amide bonds. The molecule has 0 radical (unpaired) electrons. The monoisotopic (exact) mass is 336 g/mol. The van der Waals surface area contributed by atoms with Gasteiger partial charge < -0.3 is 11.1 Å². The van der Waals surface area contributed by atoms with Crippen molar-refractivity contribution in [1.82, 2.24) is 0 Å². The minimum atomic E-state index is -0.468. The van der Waals surface area contributed by atoms with Crippen LogP contribution in [0, 0.1) is 19.7 Å². The second kappa shape index (κ2) is 5.63. The van der Waals surface area contributed by atoms with Gasteiger partial charge in [-0.25, -0.2) is 4.39 Å². The number of carbonyl (C=O) groups is 1. The summed E-state index contributed by atoms with van der Waals surface area (Å²) >= 11 is 3.29. The highest BCUT2D eigenvalue weighted by molar-refractivity contribution is 9.10. The molecule has 0 heterocycles. The number of halogens is 2. The molecule has 20 heavy (non-hydrogen) atoms. The summed E-state index contributed by atoms with van der Waals surface area (Å²) in [5.41, 5.74) is 8.44. The van der Waals surface area contributed by atoms with Crippen LogP contribution in [0.3, 0.4) is 0 Å². The average molecular weight is 337 g/mol. The minimum Gasteiger partial charge on any atom is -0.398 e. The van der Waals surface area contributed by atoms with Gasteiger partial charge in [0.2, 0.25) is 0 Å². The van der Waals surface area contributed by atoms with E-state index < -0.39 is 5.82 Å². The molecule has 0 aliphatic carbocycles. The lowest BCUT2D eigenvalue weighted by molar-refractivity contribution is 0.102. The lowest BCUT2D eigenvalue weighted by Gasteiger charge is -2.11. The van der Waals surface area contributed by atoms with Gasteiger partial charge >= 0.3 is 0 Å². The Kier molecular flexibility index (Phi) is 4.09. The van der Waals surface area contributed by atoms with E-state index in [0.717, 1.165) is 5.56 Å². The first kappa shape index (κ1) is 14.5. The maximum Gasteiger partial charge on any atom is 0.256 e. The molecule has 0 saturated carbocycles. The van der Waals surface area contributed by atoms with E-state index in [1.54, 1.807) is 31.2 Å². The molecule has 0 aliphatic rings. The topological polar surface area (TPSA) is 55.1 Å². The summed E-state index contributed by atoms with van der Waals surface area (Å²) in [4.78, 5) is 12.2. The van der Waals surface area contributed by atoms with Crippen molar-refractivity contribution in [3.05, 3.63) is 57.3 Å². The maximum absolute atomic E-state index is 13.7. The SMILES string of the molecule is Cc1ccc(F)c(NC(=O)c2cc(Br)cc(N)c2C)c1. The Bertz CT molecular complexity index is 686. The van der Waals surface area contributed by atoms with Crippen molar-refractivity contribution < 1.29 is 9.18 Å². The molecule has 0 spiro atoms. The van der Waals surface area contributed by atoms with Gasteiger partial charge in [-0.1, -0.05) is 22.0 Å². The Balaban J connectivity index is 2.35. The smallest absolute Gasteiger partial charge is 0.256 e. The predicted octanol–water partition coefficient (Wildman–Crippen LogP) is 4.04. The normalized spacial score (nSPS) is 10.4. The Morgan fingerprint density at radius 2 is 1.95 bits per heavy atom. The van der Waals surface area contributed by atoms with Gasteiger partial charge in [0, 0.05) is 15.7 Å². The van der Waals surface area contributed by atoms with Crippen LogP contribution in [0.15, 0.2) is 34.8 Å². The number of hydrogen-bond acceptors (Lipinski definition) is 2. The highest BCUT2D eigenvalue weighted by Gasteiger charge is 2.14. The quantitative estimate of drug-likeness (QED) is 0.813. The Hall–Kier alpha value is -1.88. The fourth-order valence-corrected chi connectivity index (χ4v) is 2.34. The molecular weight excluding hydrogens is 323 g/mol. The van der Waals surface area contributed by atoms with Gasteiger partial charge in [-0.05, 0) is 49.2 Å². The summed E-state index contributed by atoms with van der Waals surface area (Å²) in [6.07, 6.45) is 0. The van der Waals surface area contributed by atoms with E-state index in [4.69, 9.17) is 5.73 Å². The van der Waals surface area contributed by atoms with Crippen molar-refractivity contribution >= 4 is 33.2 Å². The van der Waals surface area contributed by atoms with Crippen LogP contribution in [0.2, 0.25) is 0 Å². The molecule has 104 valence electrons. The third kappa shape index (κ3) is 2.99. The van der Waals surface area contributed by atoms with Gasteiger partial charge in [0.1, 0.15) is 5.82 Å². The van der Waals surface area contributed by atoms with Crippen LogP contribution in [0.1, 0.15) is 21.5 Å². The predicted molar refractivity (Wildman–Crippen MR) is 82.4 cm³/mol. The number of hydrogen-bond donors (Lipinski definition) is 2.